The second kappa shape index (κ2) is 7.45. The number of hydrogen-bond donors (Lipinski definition) is 2. The van der Waals surface area contributed by atoms with Crippen LogP contribution in [0.3, 0.4) is 0 Å². The fourth-order valence-electron chi connectivity index (χ4n) is 2.47. The van der Waals surface area contributed by atoms with Gasteiger partial charge in [0.15, 0.2) is 0 Å². The number of sulfone groups is 1. The van der Waals surface area contributed by atoms with Crippen LogP contribution in [0.2, 0.25) is 0 Å². The molecule has 7 nitrogen and oxygen atoms in total. The summed E-state index contributed by atoms with van der Waals surface area (Å²) in [5, 5.41) is 9.01. The normalized spacial score (nSPS) is 11.7. The Balaban J connectivity index is 1.97. The molecule has 3 rings (SSSR count). The van der Waals surface area contributed by atoms with E-state index in [0.29, 0.717) is 0 Å². The summed E-state index contributed by atoms with van der Waals surface area (Å²) in [7, 11) is -8.01. The van der Waals surface area contributed by atoms with Crippen LogP contribution in [0.5, 0.6) is 0 Å². The highest BCUT2D eigenvalue weighted by atomic mass is 32.2. The third-order valence-corrected chi connectivity index (χ3v) is 6.99. The van der Waals surface area contributed by atoms with E-state index in [2.05, 4.69) is 4.72 Å². The van der Waals surface area contributed by atoms with Gasteiger partial charge in [0.1, 0.15) is 0 Å². The first-order valence-electron chi connectivity index (χ1n) is 7.96. The third kappa shape index (κ3) is 4.05. The van der Waals surface area contributed by atoms with Gasteiger partial charge in [-0.05, 0) is 48.5 Å². The van der Waals surface area contributed by atoms with Crippen LogP contribution in [-0.4, -0.2) is 27.9 Å². The van der Waals surface area contributed by atoms with E-state index in [1.54, 1.807) is 18.2 Å². The Bertz CT molecular complexity index is 1240. The van der Waals surface area contributed by atoms with Crippen molar-refractivity contribution < 1.29 is 26.7 Å². The number of sulfonamides is 1. The summed E-state index contributed by atoms with van der Waals surface area (Å²) in [4.78, 5) is 10.7. The molecule has 0 saturated heterocycles. The summed E-state index contributed by atoms with van der Waals surface area (Å²) >= 11 is 0. The number of carbonyl (C=O) groups is 1. The van der Waals surface area contributed by atoms with Gasteiger partial charge in [0, 0.05) is 5.69 Å². The van der Waals surface area contributed by atoms with Gasteiger partial charge in [0.05, 0.1) is 20.2 Å². The van der Waals surface area contributed by atoms with Crippen molar-refractivity contribution in [2.45, 2.75) is 14.7 Å². The quantitative estimate of drug-likeness (QED) is 0.637. The number of carboxylic acid groups (broad SMARTS) is 1. The maximum atomic E-state index is 12.7. The predicted octanol–water partition coefficient (Wildman–Crippen LogP) is 3.02. The number of carboxylic acids is 1. The van der Waals surface area contributed by atoms with Gasteiger partial charge in [-0.2, -0.15) is 0 Å². The summed E-state index contributed by atoms with van der Waals surface area (Å²) in [5.74, 6) is -1.20. The highest BCUT2D eigenvalue weighted by Gasteiger charge is 2.21. The topological polar surface area (TPSA) is 118 Å². The molecule has 9 heteroatoms. The highest BCUT2D eigenvalue weighted by molar-refractivity contribution is 7.93. The molecule has 0 fully saturated rings. The van der Waals surface area contributed by atoms with Gasteiger partial charge in [0.25, 0.3) is 10.0 Å². The summed E-state index contributed by atoms with van der Waals surface area (Å²) in [6.45, 7) is 0. The van der Waals surface area contributed by atoms with E-state index in [4.69, 9.17) is 5.11 Å². The van der Waals surface area contributed by atoms with Crippen molar-refractivity contribution in [3.05, 3.63) is 84.4 Å². The number of anilines is 1. The van der Waals surface area contributed by atoms with Gasteiger partial charge >= 0.3 is 5.97 Å². The Labute approximate surface area is 162 Å². The Morgan fingerprint density at radius 2 is 1.32 bits per heavy atom. The first-order valence-corrected chi connectivity index (χ1v) is 10.9. The maximum absolute atomic E-state index is 12.7. The molecule has 0 spiro atoms. The standard InChI is InChI=1S/C19H15NO6S2/c21-19(22)14-6-4-7-15(12-14)20-28(25,26)18-11-5-10-17(13-18)27(23,24)16-8-2-1-3-9-16/h1-13,20H,(H,21,22). The number of nitrogens with one attached hydrogen (secondary N) is 1. The van der Waals surface area contributed by atoms with Crippen molar-refractivity contribution >= 4 is 31.5 Å². The molecule has 144 valence electrons. The average Bonchev–Trinajstić information content (AvgIpc) is 2.68. The lowest BCUT2D eigenvalue weighted by molar-refractivity contribution is 0.0697. The first kappa shape index (κ1) is 19.6. The Hall–Kier alpha value is -3.17. The molecule has 0 atom stereocenters. The Morgan fingerprint density at radius 3 is 2.00 bits per heavy atom. The van der Waals surface area contributed by atoms with Crippen LogP contribution < -0.4 is 4.72 Å². The van der Waals surface area contributed by atoms with E-state index in [1.165, 1.54) is 54.6 Å². The second-order valence-corrected chi connectivity index (χ2v) is 9.41. The molecule has 0 aromatic heterocycles. The first-order chi connectivity index (χ1) is 13.2. The van der Waals surface area contributed by atoms with Crippen LogP contribution in [-0.2, 0) is 19.9 Å². The van der Waals surface area contributed by atoms with Gasteiger partial charge in [-0.1, -0.05) is 30.3 Å². The summed E-state index contributed by atoms with van der Waals surface area (Å²) in [6, 6.07) is 17.9. The molecule has 0 aliphatic carbocycles. The minimum absolute atomic E-state index is 0.0478. The molecular weight excluding hydrogens is 402 g/mol. The zero-order valence-corrected chi connectivity index (χ0v) is 15.9. The molecule has 0 amide bonds. The maximum Gasteiger partial charge on any atom is 0.335 e. The lowest BCUT2D eigenvalue weighted by Gasteiger charge is -2.10. The van der Waals surface area contributed by atoms with Gasteiger partial charge in [0.2, 0.25) is 9.84 Å². The number of rotatable bonds is 6. The van der Waals surface area contributed by atoms with Crippen LogP contribution in [0.25, 0.3) is 0 Å². The molecule has 0 saturated carbocycles. The van der Waals surface area contributed by atoms with Crippen molar-refractivity contribution in [2.75, 3.05) is 4.72 Å². The number of aromatic carboxylic acids is 1. The summed E-state index contributed by atoms with van der Waals surface area (Å²) in [6.07, 6.45) is 0. The molecule has 0 bridgehead atoms. The van der Waals surface area contributed by atoms with Gasteiger partial charge in [-0.3, -0.25) is 4.72 Å². The lowest BCUT2D eigenvalue weighted by atomic mass is 10.2. The van der Waals surface area contributed by atoms with E-state index in [9.17, 15) is 21.6 Å². The minimum Gasteiger partial charge on any atom is -0.478 e. The van der Waals surface area contributed by atoms with Crippen molar-refractivity contribution in [1.82, 2.24) is 0 Å². The zero-order chi connectivity index (χ0) is 20.4. The largest absolute Gasteiger partial charge is 0.478 e. The van der Waals surface area contributed by atoms with Crippen molar-refractivity contribution in [3.63, 3.8) is 0 Å². The van der Waals surface area contributed by atoms with Crippen LogP contribution in [0.4, 0.5) is 5.69 Å². The number of benzene rings is 3. The van der Waals surface area contributed by atoms with E-state index in [1.807, 2.05) is 0 Å². The average molecular weight is 417 g/mol. The van der Waals surface area contributed by atoms with Crippen LogP contribution in [0, 0.1) is 0 Å². The van der Waals surface area contributed by atoms with Gasteiger partial charge in [-0.15, -0.1) is 0 Å². The third-order valence-electron chi connectivity index (χ3n) is 3.84. The van der Waals surface area contributed by atoms with Crippen molar-refractivity contribution in [2.24, 2.45) is 0 Å². The molecule has 3 aromatic carbocycles. The number of hydrogen-bond acceptors (Lipinski definition) is 5. The smallest absolute Gasteiger partial charge is 0.335 e. The summed E-state index contributed by atoms with van der Waals surface area (Å²) in [5.41, 5.74) is -0.0307. The monoisotopic (exact) mass is 417 g/mol. The fourth-order valence-corrected chi connectivity index (χ4v) is 4.97. The molecule has 0 aliphatic heterocycles. The molecule has 3 aromatic rings. The molecule has 0 aliphatic rings. The van der Waals surface area contributed by atoms with E-state index in [0.717, 1.165) is 6.07 Å². The minimum atomic E-state index is -4.13. The molecule has 2 N–H and O–H groups in total. The van der Waals surface area contributed by atoms with Gasteiger partial charge in [-0.25, -0.2) is 21.6 Å². The second-order valence-electron chi connectivity index (χ2n) is 5.78. The molecule has 0 radical (unpaired) electrons. The Kier molecular flexibility index (Phi) is 5.21. The van der Waals surface area contributed by atoms with Crippen molar-refractivity contribution in [3.8, 4) is 0 Å². The van der Waals surface area contributed by atoms with Crippen molar-refractivity contribution in [1.29, 1.82) is 0 Å². The lowest BCUT2D eigenvalue weighted by Crippen LogP contribution is -2.14. The molecule has 0 heterocycles. The van der Waals surface area contributed by atoms with E-state index < -0.39 is 25.8 Å². The SMILES string of the molecule is O=C(O)c1cccc(NS(=O)(=O)c2cccc(S(=O)(=O)c3ccccc3)c2)c1. The molecule has 28 heavy (non-hydrogen) atoms. The van der Waals surface area contributed by atoms with Gasteiger partial charge < -0.3 is 5.11 Å². The summed E-state index contributed by atoms with van der Waals surface area (Å²) < 4.78 is 53.0. The Morgan fingerprint density at radius 1 is 0.714 bits per heavy atom. The molecule has 0 unspecified atom stereocenters. The van der Waals surface area contributed by atoms with E-state index >= 15 is 0 Å². The predicted molar refractivity (Wildman–Crippen MR) is 103 cm³/mol. The van der Waals surface area contributed by atoms with E-state index in [-0.39, 0.29) is 25.9 Å². The molecular formula is C19H15NO6S2. The van der Waals surface area contributed by atoms with Crippen LogP contribution in [0.15, 0.2) is 93.5 Å². The fraction of sp³-hybridized carbons (Fsp3) is 0. The highest BCUT2D eigenvalue weighted by Crippen LogP contribution is 2.24. The zero-order valence-electron chi connectivity index (χ0n) is 14.3. The van der Waals surface area contributed by atoms with Crippen LogP contribution >= 0.6 is 0 Å². The van der Waals surface area contributed by atoms with Crippen LogP contribution in [0.1, 0.15) is 10.4 Å².